The van der Waals surface area contributed by atoms with Crippen LogP contribution in [-0.4, -0.2) is 23.2 Å². The van der Waals surface area contributed by atoms with Crippen molar-refractivity contribution < 1.29 is 9.78 Å². The van der Waals surface area contributed by atoms with Gasteiger partial charge in [-0.2, -0.15) is 4.98 Å². The summed E-state index contributed by atoms with van der Waals surface area (Å²) in [5.74, 6) is 0.703. The zero-order valence-corrected chi connectivity index (χ0v) is 9.86. The second-order valence-electron chi connectivity index (χ2n) is 4.18. The van der Waals surface area contributed by atoms with Gasteiger partial charge in [-0.1, -0.05) is 0 Å². The number of hydrogen-bond acceptors (Lipinski definition) is 5. The minimum atomic E-state index is -0.370. The molecule has 1 aliphatic carbocycles. The van der Waals surface area contributed by atoms with Gasteiger partial charge < -0.3 is 10.7 Å². The molecule has 0 spiro atoms. The molecule has 0 bridgehead atoms. The number of nitrogens with zero attached hydrogens (tertiary/aromatic N) is 1. The van der Waals surface area contributed by atoms with Crippen LogP contribution in [0.25, 0.3) is 0 Å². The van der Waals surface area contributed by atoms with E-state index in [-0.39, 0.29) is 5.69 Å². The van der Waals surface area contributed by atoms with Gasteiger partial charge in [0.2, 0.25) is 0 Å². The summed E-state index contributed by atoms with van der Waals surface area (Å²) in [6, 6.07) is 0. The highest BCUT2D eigenvalue weighted by molar-refractivity contribution is 5.42. The maximum absolute atomic E-state index is 11.2. The van der Waals surface area contributed by atoms with Crippen molar-refractivity contribution in [2.45, 2.75) is 26.2 Å². The number of aromatic amines is 1. The van der Waals surface area contributed by atoms with Crippen molar-refractivity contribution in [2.24, 2.45) is 5.92 Å². The lowest BCUT2D eigenvalue weighted by atomic mass is 9.87. The minimum absolute atomic E-state index is 0.338. The highest BCUT2D eigenvalue weighted by atomic mass is 17.2. The molecule has 0 radical (unpaired) electrons. The third-order valence-electron chi connectivity index (χ3n) is 2.95. The molecule has 0 fully saturated rings. The Morgan fingerprint density at radius 1 is 1.53 bits per heavy atom. The molecule has 2 rings (SSSR count). The molecule has 1 heterocycles. The normalized spacial score (nSPS) is 19.0. The summed E-state index contributed by atoms with van der Waals surface area (Å²) >= 11 is 0. The molecule has 1 aromatic rings. The molecule has 94 valence electrons. The van der Waals surface area contributed by atoms with Crippen molar-refractivity contribution in [2.75, 3.05) is 18.9 Å². The smallest absolute Gasteiger partial charge is 0.347 e. The minimum Gasteiger partial charge on any atom is -0.383 e. The number of aryl methyl sites for hydroxylation is 1. The van der Waals surface area contributed by atoms with Crippen LogP contribution in [0.2, 0.25) is 0 Å². The quantitative estimate of drug-likeness (QED) is 0.451. The van der Waals surface area contributed by atoms with Crippen LogP contribution in [0, 0.1) is 5.92 Å². The van der Waals surface area contributed by atoms with E-state index in [2.05, 4.69) is 9.97 Å². The summed E-state index contributed by atoms with van der Waals surface area (Å²) in [6.07, 6.45) is 2.54. The molecule has 1 aromatic heterocycles. The molecule has 3 N–H and O–H groups in total. The second kappa shape index (κ2) is 5.29. The molecular weight excluding hydrogens is 222 g/mol. The van der Waals surface area contributed by atoms with Crippen molar-refractivity contribution in [3.63, 3.8) is 0 Å². The van der Waals surface area contributed by atoms with Gasteiger partial charge in [-0.3, -0.25) is 0 Å². The van der Waals surface area contributed by atoms with E-state index in [4.69, 9.17) is 15.5 Å². The van der Waals surface area contributed by atoms with Gasteiger partial charge in [-0.25, -0.2) is 14.6 Å². The Hall–Kier alpha value is -1.40. The first-order valence-corrected chi connectivity index (χ1v) is 5.82. The number of nitrogen functional groups attached to an aromatic ring is 1. The molecule has 0 amide bonds. The van der Waals surface area contributed by atoms with Gasteiger partial charge in [-0.15, -0.1) is 0 Å². The Kier molecular flexibility index (Phi) is 3.75. The van der Waals surface area contributed by atoms with Crippen molar-refractivity contribution >= 4 is 5.82 Å². The molecule has 1 unspecified atom stereocenters. The Morgan fingerprint density at radius 3 is 3.12 bits per heavy atom. The van der Waals surface area contributed by atoms with E-state index in [0.717, 1.165) is 30.5 Å². The summed E-state index contributed by atoms with van der Waals surface area (Å²) in [5, 5.41) is 0. The molecule has 0 aliphatic heterocycles. The highest BCUT2D eigenvalue weighted by Gasteiger charge is 2.22. The number of H-pyrrole nitrogens is 1. The Morgan fingerprint density at radius 2 is 2.35 bits per heavy atom. The van der Waals surface area contributed by atoms with E-state index in [1.54, 1.807) is 0 Å². The van der Waals surface area contributed by atoms with Crippen LogP contribution in [0.3, 0.4) is 0 Å². The zero-order valence-electron chi connectivity index (χ0n) is 9.86. The lowest BCUT2D eigenvalue weighted by Crippen LogP contribution is -2.26. The van der Waals surface area contributed by atoms with E-state index < -0.39 is 0 Å². The van der Waals surface area contributed by atoms with E-state index in [9.17, 15) is 4.79 Å². The molecule has 6 heteroatoms. The van der Waals surface area contributed by atoms with Gasteiger partial charge >= 0.3 is 5.69 Å². The van der Waals surface area contributed by atoms with Gasteiger partial charge in [0.15, 0.2) is 0 Å². The number of rotatable bonds is 4. The van der Waals surface area contributed by atoms with Gasteiger partial charge in [0.1, 0.15) is 5.82 Å². The number of nitrogens with two attached hydrogens (primary N) is 1. The third kappa shape index (κ3) is 2.83. The fourth-order valence-corrected chi connectivity index (χ4v) is 2.11. The summed E-state index contributed by atoms with van der Waals surface area (Å²) in [5.41, 5.74) is 7.24. The molecular formula is C11H17N3O3. The van der Waals surface area contributed by atoms with Crippen molar-refractivity contribution in [1.82, 2.24) is 9.97 Å². The van der Waals surface area contributed by atoms with Gasteiger partial charge in [-0.05, 0) is 32.1 Å². The van der Waals surface area contributed by atoms with E-state index in [1.165, 1.54) is 0 Å². The van der Waals surface area contributed by atoms with Gasteiger partial charge in [0.25, 0.3) is 0 Å². The molecule has 1 atom stereocenters. The van der Waals surface area contributed by atoms with Crippen molar-refractivity contribution in [1.29, 1.82) is 0 Å². The Labute approximate surface area is 99.1 Å². The molecule has 17 heavy (non-hydrogen) atoms. The summed E-state index contributed by atoms with van der Waals surface area (Å²) in [6.45, 7) is 2.97. The fraction of sp³-hybridized carbons (Fsp3) is 0.636. The van der Waals surface area contributed by atoms with Crippen LogP contribution < -0.4 is 11.4 Å². The third-order valence-corrected chi connectivity index (χ3v) is 2.95. The summed E-state index contributed by atoms with van der Waals surface area (Å²) in [7, 11) is 0. The van der Waals surface area contributed by atoms with Crippen LogP contribution in [0.1, 0.15) is 24.6 Å². The topological polar surface area (TPSA) is 90.2 Å². The molecule has 1 aliphatic rings. The fourth-order valence-electron chi connectivity index (χ4n) is 2.11. The zero-order chi connectivity index (χ0) is 12.3. The predicted molar refractivity (Wildman–Crippen MR) is 62.4 cm³/mol. The van der Waals surface area contributed by atoms with Gasteiger partial charge in [0.05, 0.1) is 13.2 Å². The Balaban J connectivity index is 2.05. The van der Waals surface area contributed by atoms with Crippen LogP contribution in [-0.2, 0) is 22.6 Å². The number of anilines is 1. The maximum atomic E-state index is 11.2. The monoisotopic (exact) mass is 239 g/mol. The molecule has 0 saturated heterocycles. The summed E-state index contributed by atoms with van der Waals surface area (Å²) < 4.78 is 0. The molecule has 6 nitrogen and oxygen atoms in total. The lowest BCUT2D eigenvalue weighted by molar-refractivity contribution is -0.298. The van der Waals surface area contributed by atoms with E-state index >= 15 is 0 Å². The van der Waals surface area contributed by atoms with Crippen LogP contribution in [0.5, 0.6) is 0 Å². The number of nitrogens with one attached hydrogen (secondary N) is 1. The average molecular weight is 239 g/mol. The lowest BCUT2D eigenvalue weighted by Gasteiger charge is -2.23. The van der Waals surface area contributed by atoms with E-state index in [0.29, 0.717) is 24.9 Å². The van der Waals surface area contributed by atoms with Crippen LogP contribution >= 0.6 is 0 Å². The van der Waals surface area contributed by atoms with Crippen LogP contribution in [0.15, 0.2) is 4.79 Å². The first-order chi connectivity index (χ1) is 8.20. The molecule has 0 saturated carbocycles. The van der Waals surface area contributed by atoms with Crippen LogP contribution in [0.4, 0.5) is 5.82 Å². The summed E-state index contributed by atoms with van der Waals surface area (Å²) in [4.78, 5) is 27.5. The van der Waals surface area contributed by atoms with Crippen molar-refractivity contribution in [3.8, 4) is 0 Å². The van der Waals surface area contributed by atoms with E-state index in [1.807, 2.05) is 6.92 Å². The van der Waals surface area contributed by atoms with Gasteiger partial charge in [0, 0.05) is 11.3 Å². The first kappa shape index (κ1) is 12.1. The molecule has 0 aromatic carbocycles. The Bertz CT molecular complexity index is 444. The second-order valence-corrected chi connectivity index (χ2v) is 4.18. The number of hydrogen-bond donors (Lipinski definition) is 2. The predicted octanol–water partition coefficient (Wildman–Crippen LogP) is 0.425. The SMILES string of the molecule is CCOOCC1CCc2[nH]c(=O)nc(N)c2C1. The standard InChI is InChI=1S/C11H17N3O3/c1-2-16-17-6-7-3-4-9-8(5-7)10(12)14-11(15)13-9/h7H,2-6H2,1H3,(H3,12,13,14,15). The largest absolute Gasteiger partial charge is 0.383 e. The number of aromatic nitrogens is 2. The average Bonchev–Trinajstić information content (AvgIpc) is 2.30. The maximum Gasteiger partial charge on any atom is 0.347 e. The number of fused-ring (bicyclic) bond motifs is 1. The van der Waals surface area contributed by atoms with Crippen molar-refractivity contribution in [3.05, 3.63) is 21.7 Å². The highest BCUT2D eigenvalue weighted by Crippen LogP contribution is 2.26. The first-order valence-electron chi connectivity index (χ1n) is 5.82.